The lowest BCUT2D eigenvalue weighted by atomic mass is 10.1. The van der Waals surface area contributed by atoms with Gasteiger partial charge in [-0.1, -0.05) is 19.9 Å². The van der Waals surface area contributed by atoms with Crippen LogP contribution in [0.3, 0.4) is 0 Å². The van der Waals surface area contributed by atoms with E-state index in [2.05, 4.69) is 40.8 Å². The molecule has 2 fully saturated rings. The van der Waals surface area contributed by atoms with Crippen LogP contribution in [0.4, 0.5) is 5.82 Å². The first-order chi connectivity index (χ1) is 13.3. The Bertz CT molecular complexity index is 681. The van der Waals surface area contributed by atoms with Gasteiger partial charge < -0.3 is 19.6 Å². The number of carbonyl (C=O) groups is 2. The summed E-state index contributed by atoms with van der Waals surface area (Å²) in [5.41, 5.74) is 1.19. The maximum atomic E-state index is 12.9. The minimum absolute atomic E-state index is 0.118. The predicted octanol–water partition coefficient (Wildman–Crippen LogP) is 1.30. The lowest BCUT2D eigenvalue weighted by Gasteiger charge is -2.36. The summed E-state index contributed by atoms with van der Waals surface area (Å²) in [6.07, 6.45) is 2.29. The number of hydrogen-bond donors (Lipinski definition) is 0. The summed E-state index contributed by atoms with van der Waals surface area (Å²) in [4.78, 5) is 37.8. The van der Waals surface area contributed by atoms with Gasteiger partial charge in [-0.3, -0.25) is 9.59 Å². The normalized spacial score (nSPS) is 20.6. The molecule has 0 N–H and O–H groups in total. The van der Waals surface area contributed by atoms with Crippen molar-refractivity contribution in [3.63, 3.8) is 0 Å². The highest BCUT2D eigenvalue weighted by Gasteiger charge is 2.37. The third-order valence-electron chi connectivity index (χ3n) is 5.37. The third kappa shape index (κ3) is 5.01. The molecule has 154 valence electrons. The summed E-state index contributed by atoms with van der Waals surface area (Å²) in [7, 11) is 4.09. The van der Waals surface area contributed by atoms with Gasteiger partial charge >= 0.3 is 0 Å². The lowest BCUT2D eigenvalue weighted by molar-refractivity contribution is -0.136. The Labute approximate surface area is 168 Å². The summed E-state index contributed by atoms with van der Waals surface area (Å²) >= 11 is 0. The Kier molecular flexibility index (Phi) is 6.54. The van der Waals surface area contributed by atoms with Gasteiger partial charge in [-0.15, -0.1) is 0 Å². The maximum Gasteiger partial charge on any atom is 0.228 e. The summed E-state index contributed by atoms with van der Waals surface area (Å²) in [5.74, 6) is 1.47. The van der Waals surface area contributed by atoms with Gasteiger partial charge in [0.05, 0.1) is 5.92 Å². The minimum atomic E-state index is -0.179. The summed E-state index contributed by atoms with van der Waals surface area (Å²) in [6, 6.07) is 4.18. The van der Waals surface area contributed by atoms with Crippen LogP contribution in [-0.4, -0.2) is 84.9 Å². The van der Waals surface area contributed by atoms with Crippen molar-refractivity contribution >= 4 is 17.6 Å². The molecule has 0 bridgehead atoms. The van der Waals surface area contributed by atoms with E-state index in [1.165, 1.54) is 5.56 Å². The molecule has 0 radical (unpaired) electrons. The van der Waals surface area contributed by atoms with Crippen molar-refractivity contribution in [3.8, 4) is 0 Å². The average molecular weight is 388 g/mol. The molecule has 1 aromatic rings. The molecule has 0 spiro atoms. The monoisotopic (exact) mass is 387 g/mol. The largest absolute Gasteiger partial charge is 0.353 e. The molecule has 1 atom stereocenters. The van der Waals surface area contributed by atoms with Crippen molar-refractivity contribution < 1.29 is 9.59 Å². The van der Waals surface area contributed by atoms with Crippen molar-refractivity contribution in [2.75, 3.05) is 58.3 Å². The van der Waals surface area contributed by atoms with E-state index in [9.17, 15) is 9.59 Å². The van der Waals surface area contributed by atoms with Crippen LogP contribution < -0.4 is 4.90 Å². The van der Waals surface area contributed by atoms with Crippen LogP contribution in [0.25, 0.3) is 0 Å². The number of aromatic nitrogens is 1. The van der Waals surface area contributed by atoms with E-state index >= 15 is 0 Å². The van der Waals surface area contributed by atoms with Crippen LogP contribution in [0, 0.1) is 11.8 Å². The highest BCUT2D eigenvalue weighted by molar-refractivity contribution is 5.89. The zero-order valence-electron chi connectivity index (χ0n) is 17.6. The Morgan fingerprint density at radius 3 is 2.50 bits per heavy atom. The topological polar surface area (TPSA) is 60.0 Å². The number of rotatable bonds is 6. The summed E-state index contributed by atoms with van der Waals surface area (Å²) in [5, 5.41) is 0. The van der Waals surface area contributed by atoms with Crippen molar-refractivity contribution in [2.24, 2.45) is 11.8 Å². The van der Waals surface area contributed by atoms with E-state index < -0.39 is 0 Å². The zero-order valence-corrected chi connectivity index (χ0v) is 17.6. The molecule has 2 saturated heterocycles. The number of pyridine rings is 1. The molecule has 3 heterocycles. The Balaban J connectivity index is 1.51. The fourth-order valence-corrected chi connectivity index (χ4v) is 4.03. The van der Waals surface area contributed by atoms with E-state index in [0.29, 0.717) is 32.0 Å². The molecule has 7 nitrogen and oxygen atoms in total. The third-order valence-corrected chi connectivity index (χ3v) is 5.37. The second kappa shape index (κ2) is 8.90. The Morgan fingerprint density at radius 2 is 1.93 bits per heavy atom. The molecular weight excluding hydrogens is 354 g/mol. The molecular formula is C21H33N5O2. The van der Waals surface area contributed by atoms with E-state index in [1.807, 2.05) is 30.1 Å². The first kappa shape index (κ1) is 20.6. The quantitative estimate of drug-likeness (QED) is 0.736. The van der Waals surface area contributed by atoms with Crippen LogP contribution in [0.1, 0.15) is 25.8 Å². The van der Waals surface area contributed by atoms with Gasteiger partial charge in [0.25, 0.3) is 0 Å². The van der Waals surface area contributed by atoms with Crippen molar-refractivity contribution in [1.82, 2.24) is 19.7 Å². The Hall–Kier alpha value is -2.15. The van der Waals surface area contributed by atoms with Gasteiger partial charge in [0.15, 0.2) is 0 Å². The van der Waals surface area contributed by atoms with Crippen LogP contribution in [0.5, 0.6) is 0 Å². The second-order valence-electron chi connectivity index (χ2n) is 8.67. The molecule has 0 aliphatic carbocycles. The van der Waals surface area contributed by atoms with Gasteiger partial charge in [0, 0.05) is 58.4 Å². The molecule has 2 aliphatic rings. The predicted molar refractivity (Wildman–Crippen MR) is 110 cm³/mol. The molecule has 1 unspecified atom stereocenters. The molecule has 2 amide bonds. The van der Waals surface area contributed by atoms with Gasteiger partial charge in [-0.2, -0.15) is 0 Å². The van der Waals surface area contributed by atoms with E-state index in [0.717, 1.165) is 32.0 Å². The SMILES string of the molecule is CC(C)CN1CC(C(=O)N2CCN(c3ccc(CN(C)C)cn3)CC2)CC1=O. The molecule has 0 aromatic carbocycles. The van der Waals surface area contributed by atoms with Crippen LogP contribution in [0.2, 0.25) is 0 Å². The second-order valence-corrected chi connectivity index (χ2v) is 8.67. The number of amides is 2. The number of carbonyl (C=O) groups excluding carboxylic acids is 2. The molecule has 2 aliphatic heterocycles. The lowest BCUT2D eigenvalue weighted by Crippen LogP contribution is -2.51. The number of piperazine rings is 1. The van der Waals surface area contributed by atoms with Crippen molar-refractivity contribution in [2.45, 2.75) is 26.8 Å². The first-order valence-corrected chi connectivity index (χ1v) is 10.2. The molecule has 28 heavy (non-hydrogen) atoms. The van der Waals surface area contributed by atoms with E-state index in [-0.39, 0.29) is 17.7 Å². The highest BCUT2D eigenvalue weighted by Crippen LogP contribution is 2.23. The van der Waals surface area contributed by atoms with Crippen LogP contribution >= 0.6 is 0 Å². The van der Waals surface area contributed by atoms with E-state index in [4.69, 9.17) is 0 Å². The standard InChI is InChI=1S/C21H33N5O2/c1-16(2)13-26-15-18(11-20(26)27)21(28)25-9-7-24(8-10-25)19-6-5-17(12-22-19)14-23(3)4/h5-6,12,16,18H,7-11,13-15H2,1-4H3. The number of likely N-dealkylation sites (tertiary alicyclic amines) is 1. The van der Waals surface area contributed by atoms with Gasteiger partial charge in [-0.05, 0) is 31.6 Å². The molecule has 7 heteroatoms. The Morgan fingerprint density at radius 1 is 1.21 bits per heavy atom. The van der Waals surface area contributed by atoms with Crippen molar-refractivity contribution in [1.29, 1.82) is 0 Å². The number of anilines is 1. The van der Waals surface area contributed by atoms with Gasteiger partial charge in [0.2, 0.25) is 11.8 Å². The fourth-order valence-electron chi connectivity index (χ4n) is 4.03. The van der Waals surface area contributed by atoms with Crippen LogP contribution in [0.15, 0.2) is 18.3 Å². The number of hydrogen-bond acceptors (Lipinski definition) is 5. The maximum absolute atomic E-state index is 12.9. The molecule has 3 rings (SSSR count). The molecule has 1 aromatic heterocycles. The average Bonchev–Trinajstić information content (AvgIpc) is 3.01. The van der Waals surface area contributed by atoms with Gasteiger partial charge in [0.1, 0.15) is 5.82 Å². The summed E-state index contributed by atoms with van der Waals surface area (Å²) < 4.78 is 0. The zero-order chi connectivity index (χ0) is 20.3. The van der Waals surface area contributed by atoms with Crippen molar-refractivity contribution in [3.05, 3.63) is 23.9 Å². The minimum Gasteiger partial charge on any atom is -0.353 e. The highest BCUT2D eigenvalue weighted by atomic mass is 16.2. The fraction of sp³-hybridized carbons (Fsp3) is 0.667. The van der Waals surface area contributed by atoms with Crippen LogP contribution in [-0.2, 0) is 16.1 Å². The summed E-state index contributed by atoms with van der Waals surface area (Å²) in [6.45, 7) is 9.33. The van der Waals surface area contributed by atoms with Gasteiger partial charge in [-0.25, -0.2) is 4.98 Å². The first-order valence-electron chi connectivity index (χ1n) is 10.2. The van der Waals surface area contributed by atoms with E-state index in [1.54, 1.807) is 0 Å². The number of nitrogens with zero attached hydrogens (tertiary/aromatic N) is 5. The smallest absolute Gasteiger partial charge is 0.228 e. The molecule has 0 saturated carbocycles.